The van der Waals surface area contributed by atoms with Crippen LogP contribution in [0.4, 0.5) is 0 Å². The number of hydrogen-bond donors (Lipinski definition) is 0. The van der Waals surface area contributed by atoms with Crippen LogP contribution in [0, 0.1) is 0 Å². The molecular weight excluding hydrogens is 440 g/mol. The Morgan fingerprint density at radius 1 is 0.794 bits per heavy atom. The molecule has 1 aliphatic rings. The van der Waals surface area contributed by atoms with Crippen molar-refractivity contribution in [1.82, 2.24) is 0 Å². The molecule has 0 saturated heterocycles. The van der Waals surface area contributed by atoms with Gasteiger partial charge < -0.3 is 4.74 Å². The van der Waals surface area contributed by atoms with E-state index < -0.39 is 0 Å². The summed E-state index contributed by atoms with van der Waals surface area (Å²) in [5, 5.41) is 1.96. The first kappa shape index (κ1) is 22.4. The average molecular weight is 467 g/mol. The molecule has 170 valence electrons. The highest BCUT2D eigenvalue weighted by molar-refractivity contribution is 8.00. The van der Waals surface area contributed by atoms with Gasteiger partial charge in [-0.3, -0.25) is 9.59 Å². The van der Waals surface area contributed by atoms with Gasteiger partial charge in [0.25, 0.3) is 0 Å². The Hall–Kier alpha value is -3.37. The highest BCUT2D eigenvalue weighted by Gasteiger charge is 2.25. The quantitative estimate of drug-likeness (QED) is 0.203. The standard InChI is InChI=1S/C30H26O3S/c1-30(2,3)20-13-11-19(12-14-20)17-33-27(31)18-34-26-16-15-22-21-7-4-5-8-23(21)29(32)25-10-6-9-24(26)28(22)25/h4-16H,17-18H2,1-3H3. The van der Waals surface area contributed by atoms with Crippen molar-refractivity contribution in [3.63, 3.8) is 0 Å². The number of rotatable bonds is 5. The number of fused-ring (bicyclic) bond motifs is 2. The van der Waals surface area contributed by atoms with Crippen molar-refractivity contribution in [2.24, 2.45) is 0 Å². The number of esters is 1. The molecule has 4 aromatic carbocycles. The van der Waals surface area contributed by atoms with Gasteiger partial charge in [-0.2, -0.15) is 0 Å². The topological polar surface area (TPSA) is 43.4 Å². The van der Waals surface area contributed by atoms with Gasteiger partial charge in [-0.1, -0.05) is 93.6 Å². The summed E-state index contributed by atoms with van der Waals surface area (Å²) in [6.07, 6.45) is 0. The first-order valence-corrected chi connectivity index (χ1v) is 12.4. The number of thioether (sulfide) groups is 1. The molecule has 0 heterocycles. The minimum absolute atomic E-state index is 0.0488. The molecule has 0 unspecified atom stereocenters. The summed E-state index contributed by atoms with van der Waals surface area (Å²) in [4.78, 5) is 26.5. The minimum atomic E-state index is -0.258. The van der Waals surface area contributed by atoms with Crippen molar-refractivity contribution in [3.8, 4) is 11.1 Å². The van der Waals surface area contributed by atoms with E-state index in [1.807, 2.05) is 60.7 Å². The van der Waals surface area contributed by atoms with Crippen LogP contribution in [-0.4, -0.2) is 17.5 Å². The minimum Gasteiger partial charge on any atom is -0.460 e. The van der Waals surface area contributed by atoms with Gasteiger partial charge in [0.1, 0.15) is 6.61 Å². The molecule has 0 fully saturated rings. The number of ether oxygens (including phenoxy) is 1. The summed E-state index contributed by atoms with van der Waals surface area (Å²) in [5.74, 6) is 0.00282. The summed E-state index contributed by atoms with van der Waals surface area (Å²) >= 11 is 1.45. The second kappa shape index (κ2) is 8.77. The number of hydrogen-bond acceptors (Lipinski definition) is 4. The third kappa shape index (κ3) is 4.14. The highest BCUT2D eigenvalue weighted by atomic mass is 32.2. The fraction of sp³-hybridized carbons (Fsp3) is 0.200. The van der Waals surface area contributed by atoms with Crippen LogP contribution < -0.4 is 0 Å². The number of ketones is 1. The summed E-state index contributed by atoms with van der Waals surface area (Å²) < 4.78 is 5.52. The predicted molar refractivity (Wildman–Crippen MR) is 138 cm³/mol. The molecule has 3 nitrogen and oxygen atoms in total. The van der Waals surface area contributed by atoms with Crippen LogP contribution in [0.1, 0.15) is 47.8 Å². The van der Waals surface area contributed by atoms with Crippen molar-refractivity contribution in [2.75, 3.05) is 5.75 Å². The molecule has 5 rings (SSSR count). The third-order valence-electron chi connectivity index (χ3n) is 6.27. The summed E-state index contributed by atoms with van der Waals surface area (Å²) in [7, 11) is 0. The van der Waals surface area contributed by atoms with Gasteiger partial charge in [0, 0.05) is 21.4 Å². The monoisotopic (exact) mass is 466 g/mol. The normalized spacial score (nSPS) is 12.5. The Bertz CT molecular complexity index is 1410. The first-order chi connectivity index (χ1) is 16.3. The lowest BCUT2D eigenvalue weighted by Gasteiger charge is -2.21. The number of carbonyl (C=O) groups excluding carboxylic acids is 2. The van der Waals surface area contributed by atoms with E-state index >= 15 is 0 Å². The van der Waals surface area contributed by atoms with Crippen molar-refractivity contribution in [3.05, 3.63) is 101 Å². The molecule has 4 aromatic rings. The van der Waals surface area contributed by atoms with Gasteiger partial charge in [0.15, 0.2) is 5.78 Å². The zero-order chi connectivity index (χ0) is 23.9. The Morgan fingerprint density at radius 2 is 1.50 bits per heavy atom. The lowest BCUT2D eigenvalue weighted by atomic mass is 9.83. The maximum atomic E-state index is 13.1. The molecule has 0 saturated carbocycles. The second-order valence-corrected chi connectivity index (χ2v) is 10.6. The lowest BCUT2D eigenvalue weighted by molar-refractivity contribution is -0.141. The molecule has 0 radical (unpaired) electrons. The van der Waals surface area contributed by atoms with Crippen LogP contribution in [-0.2, 0) is 21.6 Å². The zero-order valence-corrected chi connectivity index (χ0v) is 20.4. The van der Waals surface area contributed by atoms with E-state index in [2.05, 4.69) is 39.0 Å². The van der Waals surface area contributed by atoms with Gasteiger partial charge in [-0.05, 0) is 39.1 Å². The van der Waals surface area contributed by atoms with Crippen molar-refractivity contribution in [2.45, 2.75) is 37.7 Å². The molecule has 0 bridgehead atoms. The summed E-state index contributed by atoms with van der Waals surface area (Å²) in [6.45, 7) is 6.79. The fourth-order valence-corrected chi connectivity index (χ4v) is 5.27. The Labute approximate surface area is 204 Å². The van der Waals surface area contributed by atoms with Crippen LogP contribution in [0.25, 0.3) is 21.9 Å². The number of benzene rings is 4. The summed E-state index contributed by atoms with van der Waals surface area (Å²) in [6, 6.07) is 25.9. The van der Waals surface area contributed by atoms with Crippen LogP contribution in [0.3, 0.4) is 0 Å². The molecule has 0 N–H and O–H groups in total. The van der Waals surface area contributed by atoms with E-state index in [0.717, 1.165) is 43.5 Å². The van der Waals surface area contributed by atoms with Crippen LogP contribution in [0.2, 0.25) is 0 Å². The molecular formula is C30H26O3S. The Balaban J connectivity index is 1.31. The van der Waals surface area contributed by atoms with E-state index in [9.17, 15) is 9.59 Å². The summed E-state index contributed by atoms with van der Waals surface area (Å²) in [5.41, 5.74) is 5.80. The smallest absolute Gasteiger partial charge is 0.316 e. The predicted octanol–water partition coefficient (Wildman–Crippen LogP) is 7.18. The van der Waals surface area contributed by atoms with Gasteiger partial charge >= 0.3 is 5.97 Å². The van der Waals surface area contributed by atoms with Crippen LogP contribution in [0.5, 0.6) is 0 Å². The zero-order valence-electron chi connectivity index (χ0n) is 19.6. The van der Waals surface area contributed by atoms with Crippen molar-refractivity contribution in [1.29, 1.82) is 0 Å². The van der Waals surface area contributed by atoms with E-state index in [1.54, 1.807) is 0 Å². The molecule has 34 heavy (non-hydrogen) atoms. The largest absolute Gasteiger partial charge is 0.460 e. The third-order valence-corrected chi connectivity index (χ3v) is 7.32. The molecule has 0 spiro atoms. The maximum Gasteiger partial charge on any atom is 0.316 e. The van der Waals surface area contributed by atoms with E-state index in [4.69, 9.17) is 4.74 Å². The highest BCUT2D eigenvalue weighted by Crippen LogP contribution is 2.42. The molecule has 0 amide bonds. The fourth-order valence-electron chi connectivity index (χ4n) is 4.42. The Morgan fingerprint density at radius 3 is 2.24 bits per heavy atom. The van der Waals surface area contributed by atoms with E-state index in [0.29, 0.717) is 0 Å². The maximum absolute atomic E-state index is 13.1. The van der Waals surface area contributed by atoms with Gasteiger partial charge in [-0.15, -0.1) is 11.8 Å². The van der Waals surface area contributed by atoms with E-state index in [-0.39, 0.29) is 29.5 Å². The average Bonchev–Trinajstić information content (AvgIpc) is 2.84. The molecule has 4 heteroatoms. The van der Waals surface area contributed by atoms with Crippen molar-refractivity contribution < 1.29 is 14.3 Å². The van der Waals surface area contributed by atoms with Crippen LogP contribution in [0.15, 0.2) is 83.8 Å². The molecule has 1 aliphatic carbocycles. The molecule has 0 aliphatic heterocycles. The second-order valence-electron chi connectivity index (χ2n) is 9.61. The first-order valence-electron chi connectivity index (χ1n) is 11.4. The van der Waals surface area contributed by atoms with E-state index in [1.165, 1.54) is 17.3 Å². The SMILES string of the molecule is CC(C)(C)c1ccc(COC(=O)CSc2ccc3c4c(cccc24)C(=O)c2ccccc2-3)cc1. The van der Waals surface area contributed by atoms with Gasteiger partial charge in [-0.25, -0.2) is 0 Å². The van der Waals surface area contributed by atoms with Crippen LogP contribution >= 0.6 is 11.8 Å². The van der Waals surface area contributed by atoms with Gasteiger partial charge in [0.2, 0.25) is 0 Å². The van der Waals surface area contributed by atoms with Crippen molar-refractivity contribution >= 4 is 34.3 Å². The Kier molecular flexibility index (Phi) is 5.78. The molecule has 0 aromatic heterocycles. The van der Waals surface area contributed by atoms with Gasteiger partial charge in [0.05, 0.1) is 5.75 Å². The molecule has 0 atom stereocenters. The lowest BCUT2D eigenvalue weighted by Crippen LogP contribution is -2.11. The number of carbonyl (C=O) groups is 2.